The van der Waals surface area contributed by atoms with E-state index >= 15 is 0 Å². The molecule has 3 aromatic carbocycles. The van der Waals surface area contributed by atoms with Crippen LogP contribution in [-0.4, -0.2) is 49.0 Å². The lowest BCUT2D eigenvalue weighted by molar-refractivity contribution is -0.147. The van der Waals surface area contributed by atoms with Crippen LogP contribution in [0.3, 0.4) is 0 Å². The summed E-state index contributed by atoms with van der Waals surface area (Å²) in [5.41, 5.74) is 2.59. The number of carboxylic acid groups (broad SMARTS) is 1. The maximum absolute atomic E-state index is 12.9. The van der Waals surface area contributed by atoms with Crippen LogP contribution in [0.1, 0.15) is 22.6 Å². The molecule has 2 atom stereocenters. The topological polar surface area (TPSA) is 137 Å². The number of carbonyl (C=O) groups is 2. The predicted octanol–water partition coefficient (Wildman–Crippen LogP) is 3.06. The number of aliphatic hydroxyl groups is 1. The van der Waals surface area contributed by atoms with Crippen LogP contribution in [0.2, 0.25) is 5.02 Å². The first-order chi connectivity index (χ1) is 17.3. The van der Waals surface area contributed by atoms with Gasteiger partial charge >= 0.3 is 11.7 Å². The van der Waals surface area contributed by atoms with Crippen molar-refractivity contribution in [2.75, 3.05) is 0 Å². The first kappa shape index (κ1) is 24.9. The third-order valence-corrected chi connectivity index (χ3v) is 5.79. The van der Waals surface area contributed by atoms with Crippen LogP contribution in [0.4, 0.5) is 0 Å². The Bertz CT molecular complexity index is 1420. The quantitative estimate of drug-likeness (QED) is 0.275. The molecule has 9 nitrogen and oxygen atoms in total. The van der Waals surface area contributed by atoms with Gasteiger partial charge in [0.2, 0.25) is 5.82 Å². The molecule has 1 aromatic heterocycles. The number of benzene rings is 3. The fourth-order valence-corrected chi connectivity index (χ4v) is 3.96. The number of H-pyrrole nitrogens is 1. The Morgan fingerprint density at radius 2 is 1.72 bits per heavy atom. The summed E-state index contributed by atoms with van der Waals surface area (Å²) in [5.74, 6) is -2.32. The van der Waals surface area contributed by atoms with Crippen LogP contribution in [0.15, 0.2) is 83.7 Å². The van der Waals surface area contributed by atoms with E-state index in [4.69, 9.17) is 16.7 Å². The Labute approximate surface area is 211 Å². The van der Waals surface area contributed by atoms with Gasteiger partial charge in [-0.2, -0.15) is 4.68 Å². The van der Waals surface area contributed by atoms with E-state index in [1.165, 1.54) is 0 Å². The summed E-state index contributed by atoms with van der Waals surface area (Å²) in [6.45, 7) is 0. The molecule has 4 N–H and O–H groups in total. The lowest BCUT2D eigenvalue weighted by Crippen LogP contribution is -2.41. The SMILES string of the molecule is O=C(NC(Cc1ccc(-c2cccc(Cl)c2)cc1)CC(O)C(=O)O)c1nn(-c2ccccc2)c(=O)[nH]1. The number of nitrogens with zero attached hydrogens (tertiary/aromatic N) is 2. The highest BCUT2D eigenvalue weighted by molar-refractivity contribution is 6.30. The van der Waals surface area contributed by atoms with Gasteiger partial charge in [-0.1, -0.05) is 66.2 Å². The van der Waals surface area contributed by atoms with Crippen molar-refractivity contribution in [1.29, 1.82) is 0 Å². The van der Waals surface area contributed by atoms with Crippen molar-refractivity contribution in [2.24, 2.45) is 0 Å². The van der Waals surface area contributed by atoms with E-state index in [0.29, 0.717) is 10.7 Å². The Kier molecular flexibility index (Phi) is 7.62. The van der Waals surface area contributed by atoms with Crippen molar-refractivity contribution in [3.05, 3.63) is 106 Å². The normalized spacial score (nSPS) is 12.6. The third kappa shape index (κ3) is 6.07. The summed E-state index contributed by atoms with van der Waals surface area (Å²) >= 11 is 6.07. The van der Waals surface area contributed by atoms with Crippen molar-refractivity contribution < 1.29 is 19.8 Å². The second kappa shape index (κ2) is 11.0. The number of amides is 1. The third-order valence-electron chi connectivity index (χ3n) is 5.56. The Morgan fingerprint density at radius 1 is 1.00 bits per heavy atom. The zero-order valence-electron chi connectivity index (χ0n) is 19.0. The van der Waals surface area contributed by atoms with Crippen LogP contribution in [0.25, 0.3) is 16.8 Å². The molecule has 0 saturated carbocycles. The zero-order valence-corrected chi connectivity index (χ0v) is 19.7. The predicted molar refractivity (Wildman–Crippen MR) is 134 cm³/mol. The number of rotatable bonds is 9. The molecule has 0 fully saturated rings. The van der Waals surface area contributed by atoms with Gasteiger partial charge in [0.1, 0.15) is 0 Å². The Balaban J connectivity index is 1.52. The summed E-state index contributed by atoms with van der Waals surface area (Å²) in [6.07, 6.45) is -1.67. The Hall–Kier alpha value is -4.21. The van der Waals surface area contributed by atoms with Gasteiger partial charge in [0.05, 0.1) is 5.69 Å². The summed E-state index contributed by atoms with van der Waals surface area (Å²) < 4.78 is 1.06. The first-order valence-electron chi connectivity index (χ1n) is 11.1. The van der Waals surface area contributed by atoms with Crippen LogP contribution in [0.5, 0.6) is 0 Å². The van der Waals surface area contributed by atoms with Crippen molar-refractivity contribution in [2.45, 2.75) is 25.0 Å². The maximum atomic E-state index is 12.9. The standard InChI is InChI=1S/C26H23ClN4O5/c27-19-6-4-5-18(14-19)17-11-9-16(10-12-17)13-20(15-22(32)25(34)35)28-24(33)23-29-26(36)31(30-23)21-7-2-1-3-8-21/h1-12,14,20,22,32H,13,15H2,(H,28,33)(H,34,35)(H,29,30,36). The number of carbonyl (C=O) groups excluding carboxylic acids is 1. The minimum atomic E-state index is -1.68. The smallest absolute Gasteiger partial charge is 0.348 e. The number of hydrogen-bond donors (Lipinski definition) is 4. The van der Waals surface area contributed by atoms with Gasteiger partial charge in [-0.15, -0.1) is 5.10 Å². The molecule has 0 aliphatic heterocycles. The van der Waals surface area contributed by atoms with Crippen molar-refractivity contribution in [3.63, 3.8) is 0 Å². The van der Waals surface area contributed by atoms with Gasteiger partial charge in [0.15, 0.2) is 6.10 Å². The molecule has 4 rings (SSSR count). The summed E-state index contributed by atoms with van der Waals surface area (Å²) in [6, 6.07) is 22.8. The molecule has 0 aliphatic carbocycles. The highest BCUT2D eigenvalue weighted by Crippen LogP contribution is 2.23. The van der Waals surface area contributed by atoms with E-state index in [0.717, 1.165) is 21.4 Å². The fourth-order valence-electron chi connectivity index (χ4n) is 3.77. The minimum Gasteiger partial charge on any atom is -0.479 e. The van der Waals surface area contributed by atoms with Crippen LogP contribution < -0.4 is 11.0 Å². The molecule has 1 heterocycles. The number of aliphatic hydroxyl groups excluding tert-OH is 1. The molecule has 0 spiro atoms. The molecule has 36 heavy (non-hydrogen) atoms. The molecule has 184 valence electrons. The molecule has 0 saturated heterocycles. The van der Waals surface area contributed by atoms with Crippen LogP contribution in [-0.2, 0) is 11.2 Å². The number of para-hydroxylation sites is 1. The number of aliphatic carboxylic acids is 1. The number of aromatic amines is 1. The van der Waals surface area contributed by atoms with Gasteiger partial charge in [0.25, 0.3) is 5.91 Å². The number of nitrogens with one attached hydrogen (secondary N) is 2. The van der Waals surface area contributed by atoms with E-state index < -0.39 is 29.7 Å². The number of halogens is 1. The van der Waals surface area contributed by atoms with Crippen molar-refractivity contribution in [1.82, 2.24) is 20.1 Å². The number of aromatic nitrogens is 3. The molecular formula is C26H23ClN4O5. The zero-order chi connectivity index (χ0) is 25.7. The largest absolute Gasteiger partial charge is 0.479 e. The minimum absolute atomic E-state index is 0.227. The molecule has 1 amide bonds. The van der Waals surface area contributed by atoms with Crippen LogP contribution in [0, 0.1) is 0 Å². The van der Waals surface area contributed by atoms with Gasteiger partial charge < -0.3 is 15.5 Å². The Morgan fingerprint density at radius 3 is 2.39 bits per heavy atom. The maximum Gasteiger partial charge on any atom is 0.348 e. The molecular weight excluding hydrogens is 484 g/mol. The molecule has 0 bridgehead atoms. The average molecular weight is 507 g/mol. The summed E-state index contributed by atoms with van der Waals surface area (Å²) in [7, 11) is 0. The average Bonchev–Trinajstić information content (AvgIpc) is 3.26. The van der Waals surface area contributed by atoms with Crippen molar-refractivity contribution in [3.8, 4) is 16.8 Å². The molecule has 2 unspecified atom stereocenters. The molecule has 0 aliphatic rings. The van der Waals surface area contributed by atoms with E-state index in [1.807, 2.05) is 42.5 Å². The van der Waals surface area contributed by atoms with Gasteiger partial charge in [-0.05, 0) is 47.4 Å². The van der Waals surface area contributed by atoms with Gasteiger partial charge in [-0.3, -0.25) is 9.78 Å². The summed E-state index contributed by atoms with van der Waals surface area (Å²) in [5, 5.41) is 26.5. The lowest BCUT2D eigenvalue weighted by atomic mass is 9.98. The van der Waals surface area contributed by atoms with E-state index in [2.05, 4.69) is 15.4 Å². The molecule has 4 aromatic rings. The lowest BCUT2D eigenvalue weighted by Gasteiger charge is -2.20. The second-order valence-electron chi connectivity index (χ2n) is 8.20. The number of carboxylic acids is 1. The highest BCUT2D eigenvalue weighted by atomic mass is 35.5. The monoisotopic (exact) mass is 506 g/mol. The van der Waals surface area contributed by atoms with Gasteiger partial charge in [-0.25, -0.2) is 9.59 Å². The van der Waals surface area contributed by atoms with Crippen LogP contribution >= 0.6 is 11.6 Å². The second-order valence-corrected chi connectivity index (χ2v) is 8.63. The molecule has 10 heteroatoms. The van der Waals surface area contributed by atoms with E-state index in [9.17, 15) is 19.5 Å². The number of hydrogen-bond acceptors (Lipinski definition) is 5. The molecule has 0 radical (unpaired) electrons. The summed E-state index contributed by atoms with van der Waals surface area (Å²) in [4.78, 5) is 38.8. The van der Waals surface area contributed by atoms with Crippen molar-refractivity contribution >= 4 is 23.5 Å². The first-order valence-corrected chi connectivity index (χ1v) is 11.5. The van der Waals surface area contributed by atoms with E-state index in [1.54, 1.807) is 36.4 Å². The highest BCUT2D eigenvalue weighted by Gasteiger charge is 2.24. The van der Waals surface area contributed by atoms with E-state index in [-0.39, 0.29) is 18.7 Å². The fraction of sp³-hybridized carbons (Fsp3) is 0.154. The van der Waals surface area contributed by atoms with Gasteiger partial charge in [0, 0.05) is 17.5 Å².